The van der Waals surface area contributed by atoms with Gasteiger partial charge in [-0.1, -0.05) is 0 Å². The number of fused-ring (bicyclic) bond motifs is 3. The summed E-state index contributed by atoms with van der Waals surface area (Å²) in [5.41, 5.74) is 3.08. The molecule has 0 N–H and O–H groups in total. The Kier molecular flexibility index (Phi) is 5.58. The van der Waals surface area contributed by atoms with Crippen molar-refractivity contribution in [3.8, 4) is 5.88 Å². The highest BCUT2D eigenvalue weighted by Gasteiger charge is 2.44. The lowest BCUT2D eigenvalue weighted by Crippen LogP contribution is -2.58. The number of carbonyl (C=O) groups excluding carboxylic acids is 1. The summed E-state index contributed by atoms with van der Waals surface area (Å²) < 4.78 is 17.7. The fourth-order valence-electron chi connectivity index (χ4n) is 4.89. The third-order valence-corrected chi connectivity index (χ3v) is 6.34. The number of hydrogen-bond acceptors (Lipinski definition) is 8. The van der Waals surface area contributed by atoms with Crippen molar-refractivity contribution in [2.75, 3.05) is 37.7 Å². The number of rotatable bonds is 4. The molecule has 9 heteroatoms. The maximum Gasteiger partial charge on any atom is 0.410 e. The van der Waals surface area contributed by atoms with Gasteiger partial charge in [0.1, 0.15) is 18.2 Å². The third-order valence-electron chi connectivity index (χ3n) is 6.34. The number of anilines is 2. The maximum absolute atomic E-state index is 12.4. The second-order valence-corrected chi connectivity index (χ2v) is 8.98. The van der Waals surface area contributed by atoms with Crippen molar-refractivity contribution in [3.63, 3.8) is 0 Å². The molecule has 9 nitrogen and oxygen atoms in total. The van der Waals surface area contributed by atoms with E-state index >= 15 is 0 Å². The van der Waals surface area contributed by atoms with Gasteiger partial charge in [0.2, 0.25) is 5.88 Å². The average Bonchev–Trinajstić information content (AvgIpc) is 3.18. The van der Waals surface area contributed by atoms with Gasteiger partial charge in [-0.2, -0.15) is 0 Å². The van der Waals surface area contributed by atoms with E-state index in [-0.39, 0.29) is 30.1 Å². The molecule has 5 rings (SSSR count). The number of amides is 1. The molecule has 5 heterocycles. The van der Waals surface area contributed by atoms with Crippen molar-refractivity contribution in [1.29, 1.82) is 0 Å². The molecule has 0 saturated carbocycles. The lowest BCUT2D eigenvalue weighted by atomic mass is 9.84. The van der Waals surface area contributed by atoms with Crippen molar-refractivity contribution in [2.24, 2.45) is 11.8 Å². The maximum atomic E-state index is 12.4. The summed E-state index contributed by atoms with van der Waals surface area (Å²) >= 11 is 0. The van der Waals surface area contributed by atoms with Gasteiger partial charge in [-0.3, -0.25) is 4.98 Å². The number of piperidine rings is 1. The van der Waals surface area contributed by atoms with Crippen LogP contribution >= 0.6 is 0 Å². The van der Waals surface area contributed by atoms with Crippen molar-refractivity contribution in [1.82, 2.24) is 19.9 Å². The average molecular weight is 440 g/mol. The molecule has 3 aliphatic rings. The van der Waals surface area contributed by atoms with Gasteiger partial charge in [-0.15, -0.1) is 0 Å². The van der Waals surface area contributed by atoms with Gasteiger partial charge >= 0.3 is 6.09 Å². The second-order valence-electron chi connectivity index (χ2n) is 8.98. The Morgan fingerprint density at radius 3 is 2.72 bits per heavy atom. The zero-order chi connectivity index (χ0) is 22.2. The molecule has 0 aliphatic carbocycles. The van der Waals surface area contributed by atoms with E-state index in [9.17, 15) is 4.79 Å². The topological polar surface area (TPSA) is 89.9 Å². The Balaban J connectivity index is 1.35. The lowest BCUT2D eigenvalue weighted by molar-refractivity contribution is -0.111. The van der Waals surface area contributed by atoms with Crippen LogP contribution in [0.5, 0.6) is 5.88 Å². The van der Waals surface area contributed by atoms with Crippen LogP contribution in [0.4, 0.5) is 16.3 Å². The Labute approximate surface area is 187 Å². The Hall–Kier alpha value is -2.94. The lowest BCUT2D eigenvalue weighted by Gasteiger charge is -2.46. The summed E-state index contributed by atoms with van der Waals surface area (Å²) in [5, 5.41) is 0. The molecular formula is C23H29N5O4. The van der Waals surface area contributed by atoms with Gasteiger partial charge in [0, 0.05) is 44.1 Å². The normalized spacial score (nSPS) is 24.4. The van der Waals surface area contributed by atoms with Crippen molar-refractivity contribution in [2.45, 2.75) is 39.4 Å². The molecule has 2 saturated heterocycles. The Bertz CT molecular complexity index is 986. The number of nitrogens with zero attached hydrogens (tertiary/aromatic N) is 5. The highest BCUT2D eigenvalue weighted by molar-refractivity contribution is 5.69. The van der Waals surface area contributed by atoms with E-state index in [1.807, 2.05) is 33.0 Å². The SMILES string of the molecule is Cc1c(OC2C3COCC2CN(C(=O)OC(C)C)C3)ncnc1N1CCc2ncccc21. The molecule has 32 heavy (non-hydrogen) atoms. The van der Waals surface area contributed by atoms with Gasteiger partial charge in [-0.05, 0) is 32.9 Å². The van der Waals surface area contributed by atoms with Gasteiger partial charge in [0.25, 0.3) is 0 Å². The molecule has 170 valence electrons. The highest BCUT2D eigenvalue weighted by Crippen LogP contribution is 2.37. The number of pyridine rings is 1. The van der Waals surface area contributed by atoms with Gasteiger partial charge in [0.15, 0.2) is 0 Å². The fraction of sp³-hybridized carbons (Fsp3) is 0.565. The molecule has 3 aliphatic heterocycles. The summed E-state index contributed by atoms with van der Waals surface area (Å²) in [5.74, 6) is 1.57. The molecule has 1 amide bonds. The van der Waals surface area contributed by atoms with E-state index in [2.05, 4.69) is 25.9 Å². The van der Waals surface area contributed by atoms with Crippen molar-refractivity contribution in [3.05, 3.63) is 35.9 Å². The standard InChI is InChI=1S/C23H29N5O4/c1-14(2)31-23(29)27-9-16-11-30-12-17(10-27)20(16)32-22-15(3)21(25-13-26-22)28-8-6-18-19(28)5-4-7-24-18/h4-5,7,13-14,16-17,20H,6,8-12H2,1-3H3. The van der Waals surface area contributed by atoms with E-state index in [0.29, 0.717) is 32.2 Å². The number of hydrogen-bond donors (Lipinski definition) is 0. The second kappa shape index (κ2) is 8.54. The van der Waals surface area contributed by atoms with Crippen molar-refractivity contribution >= 4 is 17.6 Å². The van der Waals surface area contributed by atoms with E-state index < -0.39 is 0 Å². The van der Waals surface area contributed by atoms with Crippen LogP contribution in [-0.4, -0.2) is 71.0 Å². The number of aromatic nitrogens is 3. The van der Waals surface area contributed by atoms with Crippen LogP contribution in [0, 0.1) is 18.8 Å². The number of carbonyl (C=O) groups is 1. The minimum atomic E-state index is -0.267. The van der Waals surface area contributed by atoms with Gasteiger partial charge < -0.3 is 24.0 Å². The van der Waals surface area contributed by atoms with E-state index in [1.165, 1.54) is 0 Å². The monoisotopic (exact) mass is 439 g/mol. The van der Waals surface area contributed by atoms with Crippen molar-refractivity contribution < 1.29 is 19.0 Å². The van der Waals surface area contributed by atoms with Crippen LogP contribution < -0.4 is 9.64 Å². The van der Waals surface area contributed by atoms with E-state index in [0.717, 1.165) is 35.7 Å². The zero-order valence-corrected chi connectivity index (χ0v) is 18.7. The first-order chi connectivity index (χ1) is 15.5. The molecular weight excluding hydrogens is 410 g/mol. The Morgan fingerprint density at radius 2 is 1.97 bits per heavy atom. The zero-order valence-electron chi connectivity index (χ0n) is 18.7. The van der Waals surface area contributed by atoms with Crippen LogP contribution in [0.1, 0.15) is 25.1 Å². The smallest absolute Gasteiger partial charge is 0.410 e. The third kappa shape index (κ3) is 3.85. The Morgan fingerprint density at radius 1 is 1.19 bits per heavy atom. The minimum absolute atomic E-state index is 0.0664. The molecule has 0 aromatic carbocycles. The molecule has 2 fully saturated rings. The van der Waals surface area contributed by atoms with Crippen LogP contribution in [0.3, 0.4) is 0 Å². The van der Waals surface area contributed by atoms with Crippen LogP contribution in [-0.2, 0) is 15.9 Å². The summed E-state index contributed by atoms with van der Waals surface area (Å²) in [6, 6.07) is 4.02. The number of ether oxygens (including phenoxy) is 3. The molecule has 2 atom stereocenters. The van der Waals surface area contributed by atoms with E-state index in [4.69, 9.17) is 14.2 Å². The number of likely N-dealkylation sites (tertiary alicyclic amines) is 1. The predicted molar refractivity (Wildman–Crippen MR) is 117 cm³/mol. The quantitative estimate of drug-likeness (QED) is 0.718. The first-order valence-electron chi connectivity index (χ1n) is 11.2. The molecule has 0 radical (unpaired) electrons. The summed E-state index contributed by atoms with van der Waals surface area (Å²) in [7, 11) is 0. The highest BCUT2D eigenvalue weighted by atomic mass is 16.6. The first-order valence-corrected chi connectivity index (χ1v) is 11.2. The first kappa shape index (κ1) is 20.9. The molecule has 2 aromatic rings. The predicted octanol–water partition coefficient (Wildman–Crippen LogP) is 2.74. The van der Waals surface area contributed by atoms with E-state index in [1.54, 1.807) is 11.2 Å². The van der Waals surface area contributed by atoms with Crippen LogP contribution in [0.15, 0.2) is 24.7 Å². The summed E-state index contributed by atoms with van der Waals surface area (Å²) in [6.07, 6.45) is 3.81. The largest absolute Gasteiger partial charge is 0.473 e. The van der Waals surface area contributed by atoms with Gasteiger partial charge in [-0.25, -0.2) is 14.8 Å². The van der Waals surface area contributed by atoms with Gasteiger partial charge in [0.05, 0.1) is 36.3 Å². The van der Waals surface area contributed by atoms with Crippen LogP contribution in [0.25, 0.3) is 0 Å². The summed E-state index contributed by atoms with van der Waals surface area (Å²) in [6.45, 7) is 8.76. The fourth-order valence-corrected chi connectivity index (χ4v) is 4.89. The molecule has 0 spiro atoms. The van der Waals surface area contributed by atoms with Crippen LogP contribution in [0.2, 0.25) is 0 Å². The minimum Gasteiger partial charge on any atom is -0.473 e. The molecule has 2 unspecified atom stereocenters. The molecule has 2 bridgehead atoms. The summed E-state index contributed by atoms with van der Waals surface area (Å²) in [4.78, 5) is 29.9. The molecule has 2 aromatic heterocycles.